The molecule has 1 aliphatic rings. The highest BCUT2D eigenvalue weighted by atomic mass is 16.5. The Morgan fingerprint density at radius 3 is 2.56 bits per heavy atom. The summed E-state index contributed by atoms with van der Waals surface area (Å²) < 4.78 is 10.5. The van der Waals surface area contributed by atoms with Crippen molar-refractivity contribution in [2.24, 2.45) is 0 Å². The zero-order valence-electron chi connectivity index (χ0n) is 14.7. The van der Waals surface area contributed by atoms with E-state index in [1.165, 1.54) is 18.5 Å². The van der Waals surface area contributed by atoms with Gasteiger partial charge >= 0.3 is 0 Å². The minimum Gasteiger partial charge on any atom is -0.497 e. The fourth-order valence-electron chi connectivity index (χ4n) is 3.18. The summed E-state index contributed by atoms with van der Waals surface area (Å²) >= 11 is 0. The van der Waals surface area contributed by atoms with Gasteiger partial charge < -0.3 is 19.7 Å². The van der Waals surface area contributed by atoms with Gasteiger partial charge in [-0.1, -0.05) is 18.2 Å². The number of methoxy groups -OCH3 is 2. The van der Waals surface area contributed by atoms with Gasteiger partial charge in [0.2, 0.25) is 0 Å². The van der Waals surface area contributed by atoms with Crippen molar-refractivity contribution in [2.45, 2.75) is 19.4 Å². The Bertz CT molecular complexity index is 739. The number of benzene rings is 2. The monoisotopic (exact) mass is 340 g/mol. The Morgan fingerprint density at radius 2 is 1.84 bits per heavy atom. The molecule has 5 nitrogen and oxygen atoms in total. The van der Waals surface area contributed by atoms with Crippen molar-refractivity contribution in [3.63, 3.8) is 0 Å². The van der Waals surface area contributed by atoms with Gasteiger partial charge in [0.05, 0.1) is 19.8 Å². The number of anilines is 1. The number of hydrogen-bond acceptors (Lipinski definition) is 4. The number of rotatable bonds is 6. The molecule has 25 heavy (non-hydrogen) atoms. The van der Waals surface area contributed by atoms with Crippen LogP contribution in [0.25, 0.3) is 0 Å². The van der Waals surface area contributed by atoms with Gasteiger partial charge in [-0.2, -0.15) is 0 Å². The molecule has 1 N–H and O–H groups in total. The van der Waals surface area contributed by atoms with Gasteiger partial charge in [0, 0.05) is 31.4 Å². The first-order chi connectivity index (χ1) is 12.2. The summed E-state index contributed by atoms with van der Waals surface area (Å²) in [4.78, 5) is 15.0. The third-order valence-electron chi connectivity index (χ3n) is 4.53. The second-order valence-electron chi connectivity index (χ2n) is 6.07. The molecule has 0 bridgehead atoms. The van der Waals surface area contributed by atoms with E-state index in [4.69, 9.17) is 9.47 Å². The van der Waals surface area contributed by atoms with Crippen LogP contribution in [0.4, 0.5) is 5.69 Å². The van der Waals surface area contributed by atoms with Crippen LogP contribution < -0.4 is 19.7 Å². The van der Waals surface area contributed by atoms with E-state index in [-0.39, 0.29) is 5.91 Å². The quantitative estimate of drug-likeness (QED) is 0.877. The molecule has 5 heteroatoms. The summed E-state index contributed by atoms with van der Waals surface area (Å²) in [6.07, 6.45) is 2.45. The Hall–Kier alpha value is -2.69. The molecule has 0 atom stereocenters. The Balaban J connectivity index is 1.73. The van der Waals surface area contributed by atoms with Crippen molar-refractivity contribution < 1.29 is 14.3 Å². The zero-order valence-corrected chi connectivity index (χ0v) is 14.7. The maximum atomic E-state index is 12.6. The lowest BCUT2D eigenvalue weighted by Crippen LogP contribution is -2.26. The number of hydrogen-bond donors (Lipinski definition) is 1. The number of carbonyl (C=O) groups is 1. The van der Waals surface area contributed by atoms with Gasteiger partial charge in [-0.3, -0.25) is 4.79 Å². The molecule has 3 rings (SSSR count). The largest absolute Gasteiger partial charge is 0.497 e. The first-order valence-corrected chi connectivity index (χ1v) is 8.56. The Morgan fingerprint density at radius 1 is 1.08 bits per heavy atom. The van der Waals surface area contributed by atoms with Crippen molar-refractivity contribution in [3.8, 4) is 11.5 Å². The van der Waals surface area contributed by atoms with Gasteiger partial charge in [0.15, 0.2) is 0 Å². The zero-order chi connectivity index (χ0) is 17.6. The highest BCUT2D eigenvalue weighted by Gasteiger charge is 2.17. The summed E-state index contributed by atoms with van der Waals surface area (Å²) in [6, 6.07) is 13.4. The molecule has 0 radical (unpaired) electrons. The molecule has 132 valence electrons. The van der Waals surface area contributed by atoms with Crippen LogP contribution in [0.3, 0.4) is 0 Å². The summed E-state index contributed by atoms with van der Waals surface area (Å²) in [5.74, 6) is 1.01. The fourth-order valence-corrected chi connectivity index (χ4v) is 3.18. The van der Waals surface area contributed by atoms with E-state index in [9.17, 15) is 4.79 Å². The van der Waals surface area contributed by atoms with E-state index in [0.29, 0.717) is 23.6 Å². The lowest BCUT2D eigenvalue weighted by atomic mass is 10.1. The summed E-state index contributed by atoms with van der Waals surface area (Å²) in [5, 5.41) is 3.00. The van der Waals surface area contributed by atoms with Gasteiger partial charge in [-0.25, -0.2) is 0 Å². The minimum absolute atomic E-state index is 0.157. The topological polar surface area (TPSA) is 50.8 Å². The van der Waals surface area contributed by atoms with Crippen molar-refractivity contribution in [2.75, 3.05) is 32.2 Å². The van der Waals surface area contributed by atoms with E-state index in [2.05, 4.69) is 22.3 Å². The number of nitrogens with one attached hydrogen (secondary N) is 1. The minimum atomic E-state index is -0.157. The molecule has 1 amide bonds. The van der Waals surface area contributed by atoms with E-state index in [0.717, 1.165) is 18.7 Å². The average molecular weight is 340 g/mol. The predicted octanol–water partition coefficient (Wildman–Crippen LogP) is 3.23. The molecule has 2 aromatic carbocycles. The first-order valence-electron chi connectivity index (χ1n) is 8.56. The van der Waals surface area contributed by atoms with Crippen LogP contribution in [0.5, 0.6) is 11.5 Å². The molecule has 0 spiro atoms. The molecule has 0 aliphatic carbocycles. The molecule has 1 saturated heterocycles. The van der Waals surface area contributed by atoms with Gasteiger partial charge in [-0.15, -0.1) is 0 Å². The number of nitrogens with zero attached hydrogens (tertiary/aromatic N) is 1. The van der Waals surface area contributed by atoms with Crippen LogP contribution in [0.1, 0.15) is 28.8 Å². The number of amides is 1. The van der Waals surface area contributed by atoms with Crippen LogP contribution in [0, 0.1) is 0 Å². The summed E-state index contributed by atoms with van der Waals surface area (Å²) in [6.45, 7) is 2.65. The first kappa shape index (κ1) is 17.1. The van der Waals surface area contributed by atoms with Crippen molar-refractivity contribution in [1.82, 2.24) is 5.32 Å². The lowest BCUT2D eigenvalue weighted by molar-refractivity contribution is 0.0948. The van der Waals surface area contributed by atoms with Crippen LogP contribution in [-0.2, 0) is 6.54 Å². The molecule has 0 saturated carbocycles. The predicted molar refractivity (Wildman–Crippen MR) is 98.6 cm³/mol. The second-order valence-corrected chi connectivity index (χ2v) is 6.07. The molecule has 2 aromatic rings. The smallest absolute Gasteiger partial charge is 0.255 e. The highest BCUT2D eigenvalue weighted by molar-refractivity contribution is 5.97. The third-order valence-corrected chi connectivity index (χ3v) is 4.53. The van der Waals surface area contributed by atoms with E-state index in [1.807, 2.05) is 12.1 Å². The van der Waals surface area contributed by atoms with E-state index >= 15 is 0 Å². The standard InChI is InChI=1S/C20H24N2O3/c1-24-16-9-10-17(19(13-16)25-2)20(23)21-14-15-7-3-4-8-18(15)22-11-5-6-12-22/h3-4,7-10,13H,5-6,11-12,14H2,1-2H3,(H,21,23). The van der Waals surface area contributed by atoms with E-state index in [1.54, 1.807) is 32.4 Å². The normalized spacial score (nSPS) is 13.6. The Labute approximate surface area is 148 Å². The molecule has 1 aliphatic heterocycles. The molecular formula is C20H24N2O3. The number of carbonyl (C=O) groups excluding carboxylic acids is 1. The van der Waals surface area contributed by atoms with Gasteiger partial charge in [0.25, 0.3) is 5.91 Å². The van der Waals surface area contributed by atoms with Crippen molar-refractivity contribution >= 4 is 11.6 Å². The van der Waals surface area contributed by atoms with Crippen molar-refractivity contribution in [1.29, 1.82) is 0 Å². The number of para-hydroxylation sites is 1. The van der Waals surface area contributed by atoms with Crippen LogP contribution >= 0.6 is 0 Å². The summed E-state index contributed by atoms with van der Waals surface area (Å²) in [7, 11) is 3.14. The molecule has 1 fully saturated rings. The SMILES string of the molecule is COc1ccc(C(=O)NCc2ccccc2N2CCCC2)c(OC)c1. The van der Waals surface area contributed by atoms with Gasteiger partial charge in [-0.05, 0) is 36.6 Å². The molecule has 0 unspecified atom stereocenters. The molecule has 0 aromatic heterocycles. The maximum absolute atomic E-state index is 12.6. The second kappa shape index (κ2) is 7.92. The number of ether oxygens (including phenoxy) is 2. The molecular weight excluding hydrogens is 316 g/mol. The highest BCUT2D eigenvalue weighted by Crippen LogP contribution is 2.26. The Kier molecular flexibility index (Phi) is 5.43. The molecule has 1 heterocycles. The van der Waals surface area contributed by atoms with Crippen LogP contribution in [-0.4, -0.2) is 33.2 Å². The average Bonchev–Trinajstić information content (AvgIpc) is 3.20. The maximum Gasteiger partial charge on any atom is 0.255 e. The van der Waals surface area contributed by atoms with E-state index < -0.39 is 0 Å². The van der Waals surface area contributed by atoms with Crippen LogP contribution in [0.15, 0.2) is 42.5 Å². The lowest BCUT2D eigenvalue weighted by Gasteiger charge is -2.21. The third kappa shape index (κ3) is 3.87. The fraction of sp³-hybridized carbons (Fsp3) is 0.350. The van der Waals surface area contributed by atoms with Crippen molar-refractivity contribution in [3.05, 3.63) is 53.6 Å². The van der Waals surface area contributed by atoms with Crippen LogP contribution in [0.2, 0.25) is 0 Å². The van der Waals surface area contributed by atoms with Gasteiger partial charge in [0.1, 0.15) is 11.5 Å². The summed E-state index contributed by atoms with van der Waals surface area (Å²) in [5.41, 5.74) is 2.84.